The SMILES string of the molecule is Cc1cnc(C(=O)N2CCN(c3ccc4c(=O)n(C5CCCC5)cnc4c3)CC2)cn1. The van der Waals surface area contributed by atoms with Crippen molar-refractivity contribution in [1.82, 2.24) is 24.4 Å². The second-order valence-corrected chi connectivity index (χ2v) is 8.42. The van der Waals surface area contributed by atoms with Gasteiger partial charge in [0.25, 0.3) is 11.5 Å². The lowest BCUT2D eigenvalue weighted by atomic mass is 10.1. The number of carbonyl (C=O) groups is 1. The molecule has 0 N–H and O–H groups in total. The van der Waals surface area contributed by atoms with Crippen molar-refractivity contribution in [2.75, 3.05) is 31.1 Å². The maximum atomic E-state index is 12.9. The Hall–Kier alpha value is -3.29. The predicted octanol–water partition coefficient (Wildman–Crippen LogP) is 2.57. The first-order valence-corrected chi connectivity index (χ1v) is 10.9. The van der Waals surface area contributed by atoms with E-state index in [1.165, 1.54) is 19.0 Å². The predicted molar refractivity (Wildman–Crippen MR) is 118 cm³/mol. The molecule has 8 heteroatoms. The highest BCUT2D eigenvalue weighted by Gasteiger charge is 2.24. The van der Waals surface area contributed by atoms with E-state index in [0.717, 1.165) is 42.8 Å². The molecule has 2 aliphatic rings. The third-order valence-corrected chi connectivity index (χ3v) is 6.42. The molecule has 160 valence electrons. The number of anilines is 1. The molecule has 0 radical (unpaired) electrons. The number of hydrogen-bond acceptors (Lipinski definition) is 6. The molecule has 31 heavy (non-hydrogen) atoms. The summed E-state index contributed by atoms with van der Waals surface area (Å²) in [5.41, 5.74) is 2.98. The Morgan fingerprint density at radius 2 is 1.77 bits per heavy atom. The molecule has 2 aromatic heterocycles. The lowest BCUT2D eigenvalue weighted by Crippen LogP contribution is -2.49. The van der Waals surface area contributed by atoms with E-state index >= 15 is 0 Å². The number of amides is 1. The summed E-state index contributed by atoms with van der Waals surface area (Å²) in [7, 11) is 0. The fraction of sp³-hybridized carbons (Fsp3) is 0.435. The Morgan fingerprint density at radius 1 is 1.00 bits per heavy atom. The van der Waals surface area contributed by atoms with Gasteiger partial charge in [0.1, 0.15) is 5.69 Å². The quantitative estimate of drug-likeness (QED) is 0.650. The van der Waals surface area contributed by atoms with Crippen molar-refractivity contribution in [3.63, 3.8) is 0 Å². The largest absolute Gasteiger partial charge is 0.368 e. The molecule has 1 amide bonds. The summed E-state index contributed by atoms with van der Waals surface area (Å²) in [4.78, 5) is 42.6. The van der Waals surface area contributed by atoms with E-state index in [-0.39, 0.29) is 17.5 Å². The van der Waals surface area contributed by atoms with Crippen molar-refractivity contribution in [2.24, 2.45) is 0 Å². The second-order valence-electron chi connectivity index (χ2n) is 8.42. The smallest absolute Gasteiger partial charge is 0.274 e. The summed E-state index contributed by atoms with van der Waals surface area (Å²) >= 11 is 0. The zero-order chi connectivity index (χ0) is 21.4. The molecule has 8 nitrogen and oxygen atoms in total. The van der Waals surface area contributed by atoms with Crippen LogP contribution in [0.15, 0.2) is 41.7 Å². The Bertz CT molecular complexity index is 1160. The number of piperazine rings is 1. The number of aryl methyl sites for hydroxylation is 1. The average molecular weight is 419 g/mol. The Kier molecular flexibility index (Phi) is 5.13. The van der Waals surface area contributed by atoms with E-state index in [1.807, 2.05) is 34.6 Å². The molecule has 1 saturated carbocycles. The fourth-order valence-corrected chi connectivity index (χ4v) is 4.60. The van der Waals surface area contributed by atoms with Crippen LogP contribution in [0.3, 0.4) is 0 Å². The highest BCUT2D eigenvalue weighted by atomic mass is 16.2. The van der Waals surface area contributed by atoms with Crippen LogP contribution in [0.4, 0.5) is 5.69 Å². The number of fused-ring (bicyclic) bond motifs is 1. The third-order valence-electron chi connectivity index (χ3n) is 6.42. The van der Waals surface area contributed by atoms with Crippen LogP contribution in [-0.4, -0.2) is 56.5 Å². The van der Waals surface area contributed by atoms with Crippen LogP contribution in [0.5, 0.6) is 0 Å². The van der Waals surface area contributed by atoms with E-state index in [2.05, 4.69) is 19.9 Å². The van der Waals surface area contributed by atoms with E-state index in [1.54, 1.807) is 12.5 Å². The zero-order valence-corrected chi connectivity index (χ0v) is 17.7. The number of carbonyl (C=O) groups excluding carboxylic acids is 1. The van der Waals surface area contributed by atoms with Gasteiger partial charge in [0.15, 0.2) is 0 Å². The Labute approximate surface area is 180 Å². The van der Waals surface area contributed by atoms with Crippen LogP contribution in [-0.2, 0) is 0 Å². The van der Waals surface area contributed by atoms with Gasteiger partial charge in [0, 0.05) is 44.1 Å². The second kappa shape index (κ2) is 8.09. The van der Waals surface area contributed by atoms with Gasteiger partial charge in [-0.25, -0.2) is 9.97 Å². The number of benzene rings is 1. The van der Waals surface area contributed by atoms with Crippen LogP contribution in [0.2, 0.25) is 0 Å². The molecule has 1 aromatic carbocycles. The van der Waals surface area contributed by atoms with Gasteiger partial charge in [-0.05, 0) is 38.0 Å². The summed E-state index contributed by atoms with van der Waals surface area (Å²) in [5, 5.41) is 0.671. The van der Waals surface area contributed by atoms with Gasteiger partial charge in [-0.2, -0.15) is 0 Å². The van der Waals surface area contributed by atoms with Gasteiger partial charge >= 0.3 is 0 Å². The standard InChI is InChI=1S/C23H26N6O2/c1-16-13-25-21(14-24-16)23(31)28-10-8-27(9-11-28)18-6-7-19-20(12-18)26-15-29(22(19)30)17-4-2-3-5-17/h6-7,12-15,17H,2-5,8-11H2,1H3. The fourth-order valence-electron chi connectivity index (χ4n) is 4.60. The third kappa shape index (κ3) is 3.78. The molecule has 1 aliphatic heterocycles. The van der Waals surface area contributed by atoms with Crippen molar-refractivity contribution in [3.8, 4) is 0 Å². The van der Waals surface area contributed by atoms with Crippen molar-refractivity contribution in [3.05, 3.63) is 58.7 Å². The molecule has 3 aromatic rings. The molecule has 1 saturated heterocycles. The summed E-state index contributed by atoms with van der Waals surface area (Å²) in [6.45, 7) is 4.51. The summed E-state index contributed by atoms with van der Waals surface area (Å²) in [6.07, 6.45) is 9.34. The van der Waals surface area contributed by atoms with Crippen molar-refractivity contribution < 1.29 is 4.79 Å². The minimum atomic E-state index is -0.0835. The molecular weight excluding hydrogens is 392 g/mol. The van der Waals surface area contributed by atoms with Crippen LogP contribution in [0, 0.1) is 6.92 Å². The van der Waals surface area contributed by atoms with Crippen LogP contribution < -0.4 is 10.5 Å². The van der Waals surface area contributed by atoms with Crippen LogP contribution in [0.1, 0.15) is 47.9 Å². The first-order valence-electron chi connectivity index (χ1n) is 10.9. The number of hydrogen-bond donors (Lipinski definition) is 0. The number of rotatable bonds is 3. The maximum absolute atomic E-state index is 12.9. The number of aromatic nitrogens is 4. The Morgan fingerprint density at radius 3 is 2.48 bits per heavy atom. The molecular formula is C23H26N6O2. The highest BCUT2D eigenvalue weighted by Crippen LogP contribution is 2.28. The average Bonchev–Trinajstić information content (AvgIpc) is 3.34. The topological polar surface area (TPSA) is 84.2 Å². The van der Waals surface area contributed by atoms with Gasteiger partial charge in [-0.1, -0.05) is 12.8 Å². The highest BCUT2D eigenvalue weighted by molar-refractivity contribution is 5.92. The summed E-state index contributed by atoms with van der Waals surface area (Å²) < 4.78 is 1.81. The van der Waals surface area contributed by atoms with E-state index in [0.29, 0.717) is 24.2 Å². The molecule has 0 spiro atoms. The lowest BCUT2D eigenvalue weighted by molar-refractivity contribution is 0.0740. The lowest BCUT2D eigenvalue weighted by Gasteiger charge is -2.36. The first kappa shape index (κ1) is 19.7. The van der Waals surface area contributed by atoms with Crippen molar-refractivity contribution in [2.45, 2.75) is 38.6 Å². The molecule has 0 unspecified atom stereocenters. The van der Waals surface area contributed by atoms with Crippen LogP contribution in [0.25, 0.3) is 10.9 Å². The van der Waals surface area contributed by atoms with Gasteiger partial charge in [0.2, 0.25) is 0 Å². The molecule has 0 bridgehead atoms. The summed E-state index contributed by atoms with van der Waals surface area (Å²) in [5.74, 6) is -0.0835. The van der Waals surface area contributed by atoms with E-state index < -0.39 is 0 Å². The Balaban J connectivity index is 1.30. The normalized spacial score (nSPS) is 17.5. The molecule has 1 aliphatic carbocycles. The zero-order valence-electron chi connectivity index (χ0n) is 17.7. The molecule has 2 fully saturated rings. The summed E-state index contributed by atoms with van der Waals surface area (Å²) in [6, 6.07) is 6.16. The monoisotopic (exact) mass is 418 g/mol. The minimum absolute atomic E-state index is 0.0538. The van der Waals surface area contributed by atoms with Gasteiger partial charge in [-0.3, -0.25) is 19.1 Å². The maximum Gasteiger partial charge on any atom is 0.274 e. The first-order chi connectivity index (χ1) is 15.1. The van der Waals surface area contributed by atoms with Gasteiger partial charge < -0.3 is 9.80 Å². The number of nitrogens with zero attached hydrogens (tertiary/aromatic N) is 6. The minimum Gasteiger partial charge on any atom is -0.368 e. The van der Waals surface area contributed by atoms with Crippen LogP contribution >= 0.6 is 0 Å². The van der Waals surface area contributed by atoms with E-state index in [9.17, 15) is 9.59 Å². The molecule has 3 heterocycles. The van der Waals surface area contributed by atoms with Gasteiger partial charge in [-0.15, -0.1) is 0 Å². The van der Waals surface area contributed by atoms with Crippen molar-refractivity contribution in [1.29, 1.82) is 0 Å². The molecule has 0 atom stereocenters. The molecule has 5 rings (SSSR count). The van der Waals surface area contributed by atoms with Crippen molar-refractivity contribution >= 4 is 22.5 Å². The van der Waals surface area contributed by atoms with E-state index in [4.69, 9.17) is 0 Å². The van der Waals surface area contributed by atoms with Gasteiger partial charge in [0.05, 0.1) is 29.1 Å².